The standard InChI is InChI=1S/C8H12O5S/c1-12-6(10)8(7(11)13-2)5(9)3-4-14-8/h5,9H,3-4H2,1-2H3. The van der Waals surface area contributed by atoms with Gasteiger partial charge in [0.05, 0.1) is 20.3 Å². The molecule has 1 saturated heterocycles. The van der Waals surface area contributed by atoms with E-state index in [0.29, 0.717) is 12.2 Å². The third-order valence-electron chi connectivity index (χ3n) is 2.17. The van der Waals surface area contributed by atoms with Crippen molar-refractivity contribution in [3.8, 4) is 0 Å². The number of aliphatic hydroxyl groups excluding tert-OH is 1. The largest absolute Gasteiger partial charge is 0.467 e. The molecule has 0 aromatic rings. The molecule has 5 nitrogen and oxygen atoms in total. The van der Waals surface area contributed by atoms with Gasteiger partial charge >= 0.3 is 11.9 Å². The minimum absolute atomic E-state index is 0.384. The average molecular weight is 220 g/mol. The highest BCUT2D eigenvalue weighted by Crippen LogP contribution is 2.40. The predicted octanol–water partition coefficient (Wildman–Crippen LogP) is -0.431. The van der Waals surface area contributed by atoms with Crippen molar-refractivity contribution < 1.29 is 24.2 Å². The number of hydrogen-bond acceptors (Lipinski definition) is 6. The molecule has 0 aromatic heterocycles. The first-order valence-corrected chi connectivity index (χ1v) is 5.07. The number of aliphatic hydroxyl groups is 1. The van der Waals surface area contributed by atoms with Gasteiger partial charge in [0, 0.05) is 0 Å². The van der Waals surface area contributed by atoms with E-state index in [2.05, 4.69) is 9.47 Å². The Balaban J connectivity index is 3.01. The average Bonchev–Trinajstić information content (AvgIpc) is 2.59. The summed E-state index contributed by atoms with van der Waals surface area (Å²) in [5, 5.41) is 9.62. The molecule has 0 bridgehead atoms. The van der Waals surface area contributed by atoms with Crippen LogP contribution in [0.4, 0.5) is 0 Å². The van der Waals surface area contributed by atoms with Gasteiger partial charge in [-0.05, 0) is 12.2 Å². The first-order valence-electron chi connectivity index (χ1n) is 4.08. The quantitative estimate of drug-likeness (QED) is 0.503. The van der Waals surface area contributed by atoms with Crippen LogP contribution in [0.15, 0.2) is 0 Å². The van der Waals surface area contributed by atoms with Crippen molar-refractivity contribution in [3.63, 3.8) is 0 Å². The second-order valence-electron chi connectivity index (χ2n) is 2.87. The number of rotatable bonds is 2. The predicted molar refractivity (Wildman–Crippen MR) is 49.8 cm³/mol. The van der Waals surface area contributed by atoms with Crippen LogP contribution in [0.5, 0.6) is 0 Å². The second-order valence-corrected chi connectivity index (χ2v) is 4.21. The van der Waals surface area contributed by atoms with Gasteiger partial charge in [0.2, 0.25) is 4.75 Å². The summed E-state index contributed by atoms with van der Waals surface area (Å²) in [7, 11) is 2.36. The van der Waals surface area contributed by atoms with Crippen LogP contribution in [0.3, 0.4) is 0 Å². The Morgan fingerprint density at radius 1 is 1.36 bits per heavy atom. The molecule has 1 atom stereocenters. The Morgan fingerprint density at radius 3 is 2.14 bits per heavy atom. The minimum atomic E-state index is -1.58. The van der Waals surface area contributed by atoms with Crippen molar-refractivity contribution in [1.29, 1.82) is 0 Å². The number of esters is 2. The molecule has 1 fully saturated rings. The summed E-state index contributed by atoms with van der Waals surface area (Å²) in [5.74, 6) is -0.968. The summed E-state index contributed by atoms with van der Waals surface area (Å²) in [6, 6.07) is 0. The van der Waals surface area contributed by atoms with E-state index in [0.717, 1.165) is 11.8 Å². The summed E-state index contributed by atoms with van der Waals surface area (Å²) in [4.78, 5) is 22.9. The van der Waals surface area contributed by atoms with Crippen LogP contribution in [0.1, 0.15) is 6.42 Å². The van der Waals surface area contributed by atoms with E-state index in [1.54, 1.807) is 0 Å². The summed E-state index contributed by atoms with van der Waals surface area (Å²) in [6.45, 7) is 0. The van der Waals surface area contributed by atoms with Gasteiger partial charge in [-0.3, -0.25) is 0 Å². The van der Waals surface area contributed by atoms with Crippen LogP contribution in [0.2, 0.25) is 0 Å². The van der Waals surface area contributed by atoms with Gasteiger partial charge in [-0.2, -0.15) is 0 Å². The molecular formula is C8H12O5S. The Labute approximate surface area is 85.8 Å². The van der Waals surface area contributed by atoms with Crippen molar-refractivity contribution >= 4 is 23.7 Å². The molecule has 0 saturated carbocycles. The minimum Gasteiger partial charge on any atom is -0.467 e. The molecule has 0 radical (unpaired) electrons. The normalized spacial score (nSPS) is 24.4. The molecule has 1 heterocycles. The summed E-state index contributed by atoms with van der Waals surface area (Å²) in [5.41, 5.74) is 0. The van der Waals surface area contributed by atoms with Crippen LogP contribution in [-0.4, -0.2) is 47.9 Å². The molecule has 1 aliphatic rings. The van der Waals surface area contributed by atoms with Gasteiger partial charge in [-0.15, -0.1) is 11.8 Å². The van der Waals surface area contributed by atoms with E-state index >= 15 is 0 Å². The lowest BCUT2D eigenvalue weighted by Crippen LogP contribution is -2.51. The SMILES string of the molecule is COC(=O)C1(C(=O)OC)SCCC1O. The zero-order chi connectivity index (χ0) is 10.8. The van der Waals surface area contributed by atoms with E-state index in [1.165, 1.54) is 14.2 Å². The fourth-order valence-electron chi connectivity index (χ4n) is 1.41. The van der Waals surface area contributed by atoms with Gasteiger partial charge in [0.25, 0.3) is 0 Å². The fraction of sp³-hybridized carbons (Fsp3) is 0.750. The topological polar surface area (TPSA) is 72.8 Å². The molecule has 1 N–H and O–H groups in total. The van der Waals surface area contributed by atoms with Crippen molar-refractivity contribution in [2.45, 2.75) is 17.3 Å². The fourth-order valence-corrected chi connectivity index (χ4v) is 2.78. The number of carbonyl (C=O) groups excluding carboxylic acids is 2. The number of methoxy groups -OCH3 is 2. The zero-order valence-electron chi connectivity index (χ0n) is 7.98. The smallest absolute Gasteiger partial charge is 0.336 e. The number of thioether (sulfide) groups is 1. The van der Waals surface area contributed by atoms with Crippen LogP contribution in [-0.2, 0) is 19.1 Å². The Hall–Kier alpha value is -0.750. The van der Waals surface area contributed by atoms with Crippen molar-refractivity contribution in [3.05, 3.63) is 0 Å². The third kappa shape index (κ3) is 1.48. The highest BCUT2D eigenvalue weighted by molar-refractivity contribution is 8.02. The number of carbonyl (C=O) groups is 2. The van der Waals surface area contributed by atoms with Gasteiger partial charge < -0.3 is 14.6 Å². The molecule has 1 rings (SSSR count). The maximum absolute atomic E-state index is 11.4. The number of hydrogen-bond donors (Lipinski definition) is 1. The molecule has 0 aromatic carbocycles. The Kier molecular flexibility index (Phi) is 3.38. The summed E-state index contributed by atoms with van der Waals surface area (Å²) in [6.07, 6.45) is -0.651. The van der Waals surface area contributed by atoms with Crippen molar-refractivity contribution in [1.82, 2.24) is 0 Å². The van der Waals surface area contributed by atoms with Crippen LogP contribution < -0.4 is 0 Å². The monoisotopic (exact) mass is 220 g/mol. The van der Waals surface area contributed by atoms with Crippen molar-refractivity contribution in [2.75, 3.05) is 20.0 Å². The first kappa shape index (κ1) is 11.3. The maximum atomic E-state index is 11.4. The van der Waals surface area contributed by atoms with Crippen LogP contribution in [0.25, 0.3) is 0 Å². The van der Waals surface area contributed by atoms with Gasteiger partial charge in [-0.1, -0.05) is 0 Å². The number of ether oxygens (including phenoxy) is 2. The van der Waals surface area contributed by atoms with Crippen LogP contribution >= 0.6 is 11.8 Å². The lowest BCUT2D eigenvalue weighted by Gasteiger charge is -2.25. The van der Waals surface area contributed by atoms with E-state index in [-0.39, 0.29) is 0 Å². The van der Waals surface area contributed by atoms with Gasteiger partial charge in [0.15, 0.2) is 0 Å². The highest BCUT2D eigenvalue weighted by atomic mass is 32.2. The molecule has 6 heteroatoms. The van der Waals surface area contributed by atoms with E-state index < -0.39 is 22.8 Å². The van der Waals surface area contributed by atoms with Gasteiger partial charge in [0.1, 0.15) is 0 Å². The summed E-state index contributed by atoms with van der Waals surface area (Å²) < 4.78 is 7.44. The Morgan fingerprint density at radius 2 is 1.86 bits per heavy atom. The molecule has 1 aliphatic heterocycles. The molecule has 14 heavy (non-hydrogen) atoms. The lowest BCUT2D eigenvalue weighted by molar-refractivity contribution is -0.160. The molecule has 1 unspecified atom stereocenters. The molecule has 0 spiro atoms. The zero-order valence-corrected chi connectivity index (χ0v) is 8.80. The van der Waals surface area contributed by atoms with Crippen LogP contribution in [0, 0.1) is 0 Å². The molecule has 0 amide bonds. The van der Waals surface area contributed by atoms with E-state index in [1.807, 2.05) is 0 Å². The molecular weight excluding hydrogens is 208 g/mol. The van der Waals surface area contributed by atoms with Crippen molar-refractivity contribution in [2.24, 2.45) is 0 Å². The van der Waals surface area contributed by atoms with E-state index in [4.69, 9.17) is 0 Å². The lowest BCUT2D eigenvalue weighted by atomic mass is 10.00. The second kappa shape index (κ2) is 4.18. The first-order chi connectivity index (χ1) is 6.59. The molecule has 80 valence electrons. The van der Waals surface area contributed by atoms with E-state index in [9.17, 15) is 14.7 Å². The third-order valence-corrected chi connectivity index (χ3v) is 3.67. The van der Waals surface area contributed by atoms with Gasteiger partial charge in [-0.25, -0.2) is 9.59 Å². The Bertz CT molecular complexity index is 236. The highest BCUT2D eigenvalue weighted by Gasteiger charge is 2.58. The molecule has 0 aliphatic carbocycles. The summed E-state index contributed by atoms with van der Waals surface area (Å²) >= 11 is 1.06. The maximum Gasteiger partial charge on any atom is 0.336 e.